The minimum atomic E-state index is 0.802. The number of piperazine rings is 1. The first-order valence-electron chi connectivity index (χ1n) is 6.71. The van der Waals surface area contributed by atoms with Gasteiger partial charge in [0.1, 0.15) is 5.75 Å². The van der Waals surface area contributed by atoms with E-state index in [4.69, 9.17) is 16.3 Å². The van der Waals surface area contributed by atoms with Crippen LogP contribution in [0, 0.1) is 0 Å². The molecule has 2 aliphatic rings. The summed E-state index contributed by atoms with van der Waals surface area (Å²) in [6.07, 6.45) is 2.04. The molecule has 0 radical (unpaired) electrons. The first-order valence-corrected chi connectivity index (χ1v) is 7.08. The zero-order chi connectivity index (χ0) is 12.4. The molecule has 1 fully saturated rings. The number of halogens is 1. The van der Waals surface area contributed by atoms with Crippen molar-refractivity contribution in [1.29, 1.82) is 0 Å². The topological polar surface area (TPSA) is 24.5 Å². The second kappa shape index (κ2) is 5.47. The van der Waals surface area contributed by atoms with Crippen LogP contribution in [0.3, 0.4) is 0 Å². The molecule has 0 bridgehead atoms. The van der Waals surface area contributed by atoms with E-state index in [1.165, 1.54) is 11.1 Å². The van der Waals surface area contributed by atoms with E-state index in [0.717, 1.165) is 62.9 Å². The summed E-state index contributed by atoms with van der Waals surface area (Å²) in [6, 6.07) is 3.97. The average Bonchev–Trinajstić information content (AvgIpc) is 2.87. The molecule has 0 atom stereocenters. The van der Waals surface area contributed by atoms with E-state index in [-0.39, 0.29) is 0 Å². The van der Waals surface area contributed by atoms with Gasteiger partial charge in [-0.05, 0) is 24.1 Å². The average molecular weight is 267 g/mol. The number of fused-ring (bicyclic) bond motifs is 1. The number of benzene rings is 1. The van der Waals surface area contributed by atoms with Gasteiger partial charge >= 0.3 is 0 Å². The van der Waals surface area contributed by atoms with Crippen molar-refractivity contribution in [3.8, 4) is 5.75 Å². The summed E-state index contributed by atoms with van der Waals surface area (Å²) in [5.74, 6) is 1.04. The lowest BCUT2D eigenvalue weighted by molar-refractivity contribution is 0.244. The third kappa shape index (κ3) is 2.48. The molecule has 0 saturated carbocycles. The third-order valence-electron chi connectivity index (χ3n) is 3.83. The van der Waals surface area contributed by atoms with Crippen LogP contribution in [0.15, 0.2) is 12.1 Å². The van der Waals surface area contributed by atoms with Crippen LogP contribution in [-0.4, -0.2) is 44.2 Å². The molecule has 3 rings (SSSR count). The van der Waals surface area contributed by atoms with Crippen molar-refractivity contribution in [1.82, 2.24) is 10.2 Å². The highest BCUT2D eigenvalue weighted by atomic mass is 35.5. The third-order valence-corrected chi connectivity index (χ3v) is 4.18. The van der Waals surface area contributed by atoms with E-state index in [0.29, 0.717) is 0 Å². The minimum absolute atomic E-state index is 0.802. The lowest BCUT2D eigenvalue weighted by atomic mass is 10.0. The van der Waals surface area contributed by atoms with Crippen molar-refractivity contribution in [3.63, 3.8) is 0 Å². The molecule has 0 aromatic heterocycles. The Kier molecular flexibility index (Phi) is 3.73. The van der Waals surface area contributed by atoms with Crippen molar-refractivity contribution in [2.45, 2.75) is 12.8 Å². The molecular formula is C14H19ClN2O. The molecule has 4 heteroatoms. The van der Waals surface area contributed by atoms with Crippen LogP contribution in [0.25, 0.3) is 0 Å². The molecule has 0 aliphatic carbocycles. The molecule has 1 saturated heterocycles. The minimum Gasteiger partial charge on any atom is -0.493 e. The molecule has 2 heterocycles. The highest BCUT2D eigenvalue weighted by Crippen LogP contribution is 2.33. The fraction of sp³-hybridized carbons (Fsp3) is 0.571. The first-order chi connectivity index (χ1) is 8.84. The van der Waals surface area contributed by atoms with Gasteiger partial charge in [0, 0.05) is 49.7 Å². The predicted octanol–water partition coefficient (Wildman–Crippen LogP) is 1.72. The Hall–Kier alpha value is -0.770. The van der Waals surface area contributed by atoms with Crippen LogP contribution < -0.4 is 10.1 Å². The maximum absolute atomic E-state index is 6.34. The second-order valence-electron chi connectivity index (χ2n) is 4.94. The van der Waals surface area contributed by atoms with Crippen LogP contribution in [0.5, 0.6) is 5.75 Å². The van der Waals surface area contributed by atoms with Gasteiger partial charge in [0.05, 0.1) is 6.61 Å². The number of ether oxygens (including phenoxy) is 1. The van der Waals surface area contributed by atoms with E-state index < -0.39 is 0 Å². The number of nitrogens with zero attached hydrogens (tertiary/aromatic N) is 1. The molecule has 2 aliphatic heterocycles. The predicted molar refractivity (Wildman–Crippen MR) is 73.7 cm³/mol. The summed E-state index contributed by atoms with van der Waals surface area (Å²) in [5, 5.41) is 4.28. The van der Waals surface area contributed by atoms with Crippen molar-refractivity contribution < 1.29 is 4.74 Å². The lowest BCUT2D eigenvalue weighted by Gasteiger charge is -2.27. The van der Waals surface area contributed by atoms with E-state index >= 15 is 0 Å². The Morgan fingerprint density at radius 3 is 2.94 bits per heavy atom. The molecule has 98 valence electrons. The number of nitrogens with one attached hydrogen (secondary N) is 1. The molecular weight excluding hydrogens is 248 g/mol. The van der Waals surface area contributed by atoms with E-state index in [9.17, 15) is 0 Å². The standard InChI is InChI=1S/C14H19ClN2O/c15-13-1-2-14-12(4-10-18-14)11(13)3-7-17-8-5-16-6-9-17/h1-2,16H,3-10H2. The van der Waals surface area contributed by atoms with Crippen LogP contribution in [0.1, 0.15) is 11.1 Å². The van der Waals surface area contributed by atoms with Crippen LogP contribution >= 0.6 is 11.6 Å². The summed E-state index contributed by atoms with van der Waals surface area (Å²) in [5.41, 5.74) is 2.63. The highest BCUT2D eigenvalue weighted by molar-refractivity contribution is 6.31. The van der Waals surface area contributed by atoms with Gasteiger partial charge in [-0.15, -0.1) is 0 Å². The van der Waals surface area contributed by atoms with Gasteiger partial charge in [-0.1, -0.05) is 11.6 Å². The molecule has 18 heavy (non-hydrogen) atoms. The van der Waals surface area contributed by atoms with Crippen molar-refractivity contribution in [2.24, 2.45) is 0 Å². The molecule has 0 spiro atoms. The van der Waals surface area contributed by atoms with Gasteiger partial charge in [-0.25, -0.2) is 0 Å². The fourth-order valence-corrected chi connectivity index (χ4v) is 3.06. The number of hydrogen-bond acceptors (Lipinski definition) is 3. The summed E-state index contributed by atoms with van der Waals surface area (Å²) >= 11 is 6.34. The summed E-state index contributed by atoms with van der Waals surface area (Å²) in [6.45, 7) is 6.38. The van der Waals surface area contributed by atoms with Crippen molar-refractivity contribution >= 4 is 11.6 Å². The van der Waals surface area contributed by atoms with Gasteiger partial charge < -0.3 is 15.0 Å². The van der Waals surface area contributed by atoms with Crippen LogP contribution in [0.4, 0.5) is 0 Å². The highest BCUT2D eigenvalue weighted by Gasteiger charge is 2.19. The molecule has 1 aromatic rings. The van der Waals surface area contributed by atoms with Gasteiger partial charge in [0.2, 0.25) is 0 Å². The largest absolute Gasteiger partial charge is 0.493 e. The molecule has 1 aromatic carbocycles. The zero-order valence-corrected chi connectivity index (χ0v) is 11.3. The van der Waals surface area contributed by atoms with E-state index in [1.54, 1.807) is 0 Å². The van der Waals surface area contributed by atoms with Gasteiger partial charge in [0.15, 0.2) is 0 Å². The Bertz CT molecular complexity index is 430. The molecule has 3 nitrogen and oxygen atoms in total. The Labute approximate surface area is 113 Å². The number of rotatable bonds is 3. The van der Waals surface area contributed by atoms with Crippen molar-refractivity contribution in [3.05, 3.63) is 28.3 Å². The first kappa shape index (κ1) is 12.3. The van der Waals surface area contributed by atoms with Gasteiger partial charge in [-0.2, -0.15) is 0 Å². The summed E-state index contributed by atoms with van der Waals surface area (Å²) in [7, 11) is 0. The summed E-state index contributed by atoms with van der Waals surface area (Å²) < 4.78 is 5.60. The van der Waals surface area contributed by atoms with Crippen molar-refractivity contribution in [2.75, 3.05) is 39.3 Å². The SMILES string of the molecule is Clc1ccc2c(c1CCN1CCNCC1)CCO2. The maximum Gasteiger partial charge on any atom is 0.123 e. The summed E-state index contributed by atoms with van der Waals surface area (Å²) in [4.78, 5) is 2.50. The molecule has 1 N–H and O–H groups in total. The Morgan fingerprint density at radius 1 is 1.28 bits per heavy atom. The normalized spacial score (nSPS) is 19.6. The van der Waals surface area contributed by atoms with Gasteiger partial charge in [-0.3, -0.25) is 0 Å². The number of hydrogen-bond donors (Lipinski definition) is 1. The Balaban J connectivity index is 1.70. The molecule has 0 unspecified atom stereocenters. The van der Waals surface area contributed by atoms with E-state index in [2.05, 4.69) is 10.2 Å². The zero-order valence-electron chi connectivity index (χ0n) is 10.5. The quantitative estimate of drug-likeness (QED) is 0.902. The smallest absolute Gasteiger partial charge is 0.123 e. The Morgan fingerprint density at radius 2 is 2.11 bits per heavy atom. The van der Waals surface area contributed by atoms with Gasteiger partial charge in [0.25, 0.3) is 0 Å². The lowest BCUT2D eigenvalue weighted by Crippen LogP contribution is -2.44. The van der Waals surface area contributed by atoms with Crippen LogP contribution in [0.2, 0.25) is 5.02 Å². The van der Waals surface area contributed by atoms with E-state index in [1.807, 2.05) is 12.1 Å². The fourth-order valence-electron chi connectivity index (χ4n) is 2.79. The second-order valence-corrected chi connectivity index (χ2v) is 5.35. The monoisotopic (exact) mass is 266 g/mol. The molecule has 0 amide bonds. The maximum atomic E-state index is 6.34. The van der Waals surface area contributed by atoms with Crippen LogP contribution in [-0.2, 0) is 12.8 Å².